The average Bonchev–Trinajstić information content (AvgIpc) is 2.94. The SMILES string of the molecule is COC1=CC=C2[C@H]3C(=O)c4ccc(OC)c5c4[C@@]2(CCN3C)[C@H]1O5. The molecule has 1 fully saturated rings. The van der Waals surface area contributed by atoms with E-state index in [1.807, 2.05) is 25.3 Å². The highest BCUT2D eigenvalue weighted by Gasteiger charge is 2.64. The number of Topliss-reactive ketones (excluding diaryl/α,β-unsaturated/α-hetero) is 1. The lowest BCUT2D eigenvalue weighted by molar-refractivity contribution is 0.0601. The first-order valence-electron chi connectivity index (χ1n) is 8.22. The van der Waals surface area contributed by atoms with Crippen LogP contribution < -0.4 is 9.47 Å². The Kier molecular flexibility index (Phi) is 2.60. The lowest BCUT2D eigenvalue weighted by Crippen LogP contribution is -2.60. The number of likely N-dealkylation sites (N-methyl/N-ethyl adjacent to an activating group) is 1. The van der Waals surface area contributed by atoms with Gasteiger partial charge < -0.3 is 14.2 Å². The summed E-state index contributed by atoms with van der Waals surface area (Å²) >= 11 is 0. The Morgan fingerprint density at radius 2 is 2.08 bits per heavy atom. The van der Waals surface area contributed by atoms with E-state index >= 15 is 0 Å². The van der Waals surface area contributed by atoms with E-state index in [1.54, 1.807) is 14.2 Å². The number of methoxy groups -OCH3 is 2. The van der Waals surface area contributed by atoms with Crippen LogP contribution in [0.2, 0.25) is 0 Å². The molecule has 5 heteroatoms. The van der Waals surface area contributed by atoms with Gasteiger partial charge in [0.1, 0.15) is 5.76 Å². The predicted molar refractivity (Wildman–Crippen MR) is 87.6 cm³/mol. The molecule has 124 valence electrons. The minimum atomic E-state index is -0.315. The third-order valence-electron chi connectivity index (χ3n) is 6.02. The highest BCUT2D eigenvalue weighted by atomic mass is 16.6. The second-order valence-corrected chi connectivity index (χ2v) is 6.88. The van der Waals surface area contributed by atoms with Crippen molar-refractivity contribution in [3.63, 3.8) is 0 Å². The van der Waals surface area contributed by atoms with Gasteiger partial charge in [-0.1, -0.05) is 6.08 Å². The number of nitrogens with zero attached hydrogens (tertiary/aromatic N) is 1. The van der Waals surface area contributed by atoms with E-state index in [0.29, 0.717) is 11.5 Å². The Bertz CT molecular complexity index is 840. The Hall–Kier alpha value is -2.27. The second kappa shape index (κ2) is 4.42. The molecule has 1 aromatic rings. The highest BCUT2D eigenvalue weighted by molar-refractivity contribution is 6.08. The molecule has 0 N–H and O–H groups in total. The number of likely N-dealkylation sites (tertiary alicyclic amines) is 1. The summed E-state index contributed by atoms with van der Waals surface area (Å²) in [5.41, 5.74) is 2.57. The number of benzene rings is 1. The summed E-state index contributed by atoms with van der Waals surface area (Å²) in [6, 6.07) is 3.51. The van der Waals surface area contributed by atoms with Crippen LogP contribution in [0, 0.1) is 0 Å². The van der Waals surface area contributed by atoms with Crippen LogP contribution in [0.5, 0.6) is 11.5 Å². The van der Waals surface area contributed by atoms with Crippen molar-refractivity contribution in [3.8, 4) is 11.5 Å². The summed E-state index contributed by atoms with van der Waals surface area (Å²) < 4.78 is 17.5. The molecule has 24 heavy (non-hydrogen) atoms. The molecule has 0 saturated carbocycles. The van der Waals surface area contributed by atoms with Crippen molar-refractivity contribution in [3.05, 3.63) is 46.7 Å². The van der Waals surface area contributed by atoms with Gasteiger partial charge in [-0.15, -0.1) is 0 Å². The standard InChI is InChI=1S/C19H19NO4/c1-20-9-8-19-11-5-7-13(23-3)18(19)24-17-12(22-2)6-4-10(14(17)19)16(21)15(11)20/h4-7,15,18H,8-9H2,1-3H3/t15-,18-,19-/m0/s1. The summed E-state index contributed by atoms with van der Waals surface area (Å²) in [6.45, 7) is 0.848. The topological polar surface area (TPSA) is 48.0 Å². The smallest absolute Gasteiger partial charge is 0.184 e. The molecule has 3 atom stereocenters. The zero-order valence-corrected chi connectivity index (χ0v) is 14.0. The molecular weight excluding hydrogens is 306 g/mol. The molecule has 1 aromatic carbocycles. The molecule has 0 amide bonds. The summed E-state index contributed by atoms with van der Waals surface area (Å²) in [4.78, 5) is 15.3. The summed E-state index contributed by atoms with van der Waals surface area (Å²) in [5.74, 6) is 2.33. The van der Waals surface area contributed by atoms with Crippen LogP contribution in [0.1, 0.15) is 22.3 Å². The fourth-order valence-electron chi connectivity index (χ4n) is 4.96. The van der Waals surface area contributed by atoms with Gasteiger partial charge in [0, 0.05) is 17.7 Å². The van der Waals surface area contributed by atoms with E-state index < -0.39 is 0 Å². The average molecular weight is 325 g/mol. The number of rotatable bonds is 2. The van der Waals surface area contributed by atoms with Gasteiger partial charge in [-0.2, -0.15) is 0 Å². The van der Waals surface area contributed by atoms with Crippen molar-refractivity contribution in [1.82, 2.24) is 4.90 Å². The lowest BCUT2D eigenvalue weighted by Gasteiger charge is -2.51. The number of carbonyl (C=O) groups is 1. The number of carbonyl (C=O) groups excluding carboxylic acids is 1. The van der Waals surface area contributed by atoms with Crippen molar-refractivity contribution in [2.24, 2.45) is 0 Å². The number of allylic oxidation sites excluding steroid dienone is 2. The molecule has 1 spiro atoms. The van der Waals surface area contributed by atoms with Crippen molar-refractivity contribution in [1.29, 1.82) is 0 Å². The van der Waals surface area contributed by atoms with Crippen LogP contribution in [-0.2, 0) is 10.2 Å². The number of ether oxygens (including phenoxy) is 3. The normalized spacial score (nSPS) is 32.5. The number of hydrogen-bond acceptors (Lipinski definition) is 5. The molecule has 5 nitrogen and oxygen atoms in total. The van der Waals surface area contributed by atoms with E-state index in [0.717, 1.165) is 35.4 Å². The predicted octanol–water partition coefficient (Wildman–Crippen LogP) is 2.06. The van der Waals surface area contributed by atoms with Crippen molar-refractivity contribution >= 4 is 5.78 Å². The fourth-order valence-corrected chi connectivity index (χ4v) is 4.96. The summed E-state index contributed by atoms with van der Waals surface area (Å²) in [7, 11) is 5.32. The highest BCUT2D eigenvalue weighted by Crippen LogP contribution is 2.62. The fraction of sp³-hybridized carbons (Fsp3) is 0.421. The van der Waals surface area contributed by atoms with Gasteiger partial charge in [0.15, 0.2) is 23.4 Å². The first-order chi connectivity index (χ1) is 11.6. The van der Waals surface area contributed by atoms with E-state index in [-0.39, 0.29) is 23.3 Å². The van der Waals surface area contributed by atoms with Crippen LogP contribution in [0.25, 0.3) is 0 Å². The van der Waals surface area contributed by atoms with Crippen LogP contribution >= 0.6 is 0 Å². The summed E-state index contributed by atoms with van der Waals surface area (Å²) in [6.07, 6.45) is 4.68. The zero-order chi connectivity index (χ0) is 16.6. The number of ketones is 1. The van der Waals surface area contributed by atoms with Crippen LogP contribution in [-0.4, -0.2) is 50.6 Å². The van der Waals surface area contributed by atoms with Gasteiger partial charge in [-0.05, 0) is 37.3 Å². The zero-order valence-electron chi connectivity index (χ0n) is 14.0. The first-order valence-corrected chi connectivity index (χ1v) is 8.22. The van der Waals surface area contributed by atoms with Gasteiger partial charge in [0.25, 0.3) is 0 Å². The monoisotopic (exact) mass is 325 g/mol. The Morgan fingerprint density at radius 3 is 2.83 bits per heavy atom. The van der Waals surface area contributed by atoms with Crippen LogP contribution in [0.3, 0.4) is 0 Å². The number of piperidine rings is 1. The molecule has 0 unspecified atom stereocenters. The van der Waals surface area contributed by atoms with Gasteiger partial charge >= 0.3 is 0 Å². The molecule has 2 heterocycles. The van der Waals surface area contributed by atoms with Gasteiger partial charge in [-0.3, -0.25) is 9.69 Å². The molecule has 2 aliphatic heterocycles. The molecule has 2 bridgehead atoms. The van der Waals surface area contributed by atoms with Crippen LogP contribution in [0.15, 0.2) is 35.6 Å². The van der Waals surface area contributed by atoms with E-state index in [1.165, 1.54) is 0 Å². The quantitative estimate of drug-likeness (QED) is 0.833. The molecule has 4 aliphatic rings. The van der Waals surface area contributed by atoms with Crippen LogP contribution in [0.4, 0.5) is 0 Å². The molecule has 1 saturated heterocycles. The molecule has 2 aliphatic carbocycles. The molecular formula is C19H19NO4. The van der Waals surface area contributed by atoms with E-state index in [9.17, 15) is 4.79 Å². The number of hydrogen-bond donors (Lipinski definition) is 0. The maximum absolute atomic E-state index is 13.2. The summed E-state index contributed by atoms with van der Waals surface area (Å²) in [5, 5.41) is 0. The molecule has 0 aromatic heterocycles. The largest absolute Gasteiger partial charge is 0.497 e. The first kappa shape index (κ1) is 14.1. The van der Waals surface area contributed by atoms with Crippen molar-refractivity contribution < 1.29 is 19.0 Å². The third kappa shape index (κ3) is 1.35. The maximum Gasteiger partial charge on any atom is 0.184 e. The lowest BCUT2D eigenvalue weighted by atomic mass is 9.57. The second-order valence-electron chi connectivity index (χ2n) is 6.88. The Morgan fingerprint density at radius 1 is 1.25 bits per heavy atom. The molecule has 5 rings (SSSR count). The van der Waals surface area contributed by atoms with Gasteiger partial charge in [0.05, 0.1) is 25.7 Å². The van der Waals surface area contributed by atoms with Crippen molar-refractivity contribution in [2.75, 3.05) is 27.8 Å². The minimum Gasteiger partial charge on any atom is -0.497 e. The van der Waals surface area contributed by atoms with Gasteiger partial charge in [0.2, 0.25) is 0 Å². The molecule has 0 radical (unpaired) electrons. The van der Waals surface area contributed by atoms with Crippen molar-refractivity contribution in [2.45, 2.75) is 24.0 Å². The Balaban J connectivity index is 1.89. The van der Waals surface area contributed by atoms with E-state index in [4.69, 9.17) is 14.2 Å². The van der Waals surface area contributed by atoms with E-state index in [2.05, 4.69) is 11.0 Å². The third-order valence-corrected chi connectivity index (χ3v) is 6.02. The van der Waals surface area contributed by atoms with Gasteiger partial charge in [-0.25, -0.2) is 0 Å². The maximum atomic E-state index is 13.2. The Labute approximate surface area is 140 Å². The minimum absolute atomic E-state index is 0.150.